The van der Waals surface area contributed by atoms with Crippen molar-refractivity contribution in [3.63, 3.8) is 0 Å². The number of ether oxygens (including phenoxy) is 3. The van der Waals surface area contributed by atoms with E-state index in [2.05, 4.69) is 26.3 Å². The van der Waals surface area contributed by atoms with Gasteiger partial charge in [-0.15, -0.1) is 0 Å². The number of nitrogens with one attached hydrogen (secondary N) is 4. The van der Waals surface area contributed by atoms with Crippen LogP contribution in [0.15, 0.2) is 73.2 Å². The maximum Gasteiger partial charge on any atom is 0.408 e. The van der Waals surface area contributed by atoms with Gasteiger partial charge in [-0.2, -0.15) is 0 Å². The van der Waals surface area contributed by atoms with Gasteiger partial charge in [-0.1, -0.05) is 88.4 Å². The molecule has 0 saturated heterocycles. The van der Waals surface area contributed by atoms with Crippen LogP contribution in [0.3, 0.4) is 0 Å². The smallest absolute Gasteiger partial charge is 0.408 e. The van der Waals surface area contributed by atoms with Gasteiger partial charge in [0.05, 0.1) is 25.1 Å². The van der Waals surface area contributed by atoms with Gasteiger partial charge in [0.25, 0.3) is 0 Å². The summed E-state index contributed by atoms with van der Waals surface area (Å²) in [5.74, 6) is -0.943. The van der Waals surface area contributed by atoms with Crippen molar-refractivity contribution in [1.29, 1.82) is 0 Å². The van der Waals surface area contributed by atoms with Crippen LogP contribution in [0.5, 0.6) is 0 Å². The summed E-state index contributed by atoms with van der Waals surface area (Å²) in [4.78, 5) is 57.0. The lowest BCUT2D eigenvalue weighted by atomic mass is 9.97. The zero-order chi connectivity index (χ0) is 39.7. The maximum absolute atomic E-state index is 13.9. The predicted molar refractivity (Wildman–Crippen MR) is 204 cm³/mol. The zero-order valence-corrected chi connectivity index (χ0v) is 32.5. The lowest BCUT2D eigenvalue weighted by Gasteiger charge is -2.29. The van der Waals surface area contributed by atoms with Gasteiger partial charge in [0.2, 0.25) is 11.8 Å². The Morgan fingerprint density at radius 3 is 1.96 bits per heavy atom. The van der Waals surface area contributed by atoms with E-state index in [9.17, 15) is 24.3 Å². The topological polar surface area (TPSA) is 182 Å². The lowest BCUT2D eigenvalue weighted by Crippen LogP contribution is -2.56. The molecule has 1 heterocycles. The molecule has 1 unspecified atom stereocenters. The van der Waals surface area contributed by atoms with Gasteiger partial charge in [-0.05, 0) is 56.6 Å². The van der Waals surface area contributed by atoms with E-state index < -0.39 is 53.8 Å². The van der Waals surface area contributed by atoms with Crippen LogP contribution in [-0.2, 0) is 50.2 Å². The number of aromatic nitrogens is 2. The molecule has 14 nitrogen and oxygen atoms in total. The quantitative estimate of drug-likeness (QED) is 0.108. The summed E-state index contributed by atoms with van der Waals surface area (Å²) in [6, 6.07) is 16.1. The van der Waals surface area contributed by atoms with Crippen molar-refractivity contribution in [1.82, 2.24) is 30.8 Å². The molecule has 5 N–H and O–H groups in total. The first-order valence-electron chi connectivity index (χ1n) is 18.4. The highest BCUT2D eigenvalue weighted by Crippen LogP contribution is 2.14. The number of imidazole rings is 1. The summed E-state index contributed by atoms with van der Waals surface area (Å²) in [6.07, 6.45) is 1.20. The number of hydrogen-bond acceptors (Lipinski definition) is 9. The lowest BCUT2D eigenvalue weighted by molar-refractivity contribution is -0.125. The number of benzene rings is 2. The highest BCUT2D eigenvalue weighted by molar-refractivity contribution is 5.87. The van der Waals surface area contributed by atoms with E-state index in [4.69, 9.17) is 14.2 Å². The molecule has 0 saturated carbocycles. The molecule has 2 aromatic carbocycles. The van der Waals surface area contributed by atoms with Crippen LogP contribution in [0.4, 0.5) is 9.59 Å². The van der Waals surface area contributed by atoms with Gasteiger partial charge in [0.15, 0.2) is 0 Å². The second kappa shape index (κ2) is 21.7. The molecule has 1 aromatic heterocycles. The Bertz CT molecular complexity index is 1590. The van der Waals surface area contributed by atoms with E-state index in [0.29, 0.717) is 25.1 Å². The molecule has 3 aromatic rings. The Morgan fingerprint density at radius 2 is 1.37 bits per heavy atom. The van der Waals surface area contributed by atoms with E-state index >= 15 is 0 Å². The van der Waals surface area contributed by atoms with E-state index in [1.165, 1.54) is 0 Å². The summed E-state index contributed by atoms with van der Waals surface area (Å²) in [7, 11) is 0. The van der Waals surface area contributed by atoms with Gasteiger partial charge < -0.3 is 45.2 Å². The average Bonchev–Trinajstić information content (AvgIpc) is 3.54. The summed E-state index contributed by atoms with van der Waals surface area (Å²) in [5, 5.41) is 22.3. The third-order valence-electron chi connectivity index (χ3n) is 8.09. The van der Waals surface area contributed by atoms with Gasteiger partial charge in [0.1, 0.15) is 31.0 Å². The minimum absolute atomic E-state index is 0.0456. The Morgan fingerprint density at radius 1 is 0.778 bits per heavy atom. The van der Waals surface area contributed by atoms with Crippen LogP contribution in [0.1, 0.15) is 78.1 Å². The zero-order valence-electron chi connectivity index (χ0n) is 32.5. The number of hydrogen-bond donors (Lipinski definition) is 5. The second-order valence-corrected chi connectivity index (χ2v) is 15.2. The Kier molecular flexibility index (Phi) is 17.4. The van der Waals surface area contributed by atoms with Crippen LogP contribution >= 0.6 is 0 Å². The molecule has 4 amide bonds. The Hall–Kier alpha value is -4.95. The van der Waals surface area contributed by atoms with Crippen molar-refractivity contribution in [2.45, 2.75) is 118 Å². The number of aliphatic hydroxyl groups excluding tert-OH is 1. The van der Waals surface area contributed by atoms with Crippen molar-refractivity contribution in [2.24, 2.45) is 11.8 Å². The number of amides is 4. The Balaban J connectivity index is 1.68. The summed E-state index contributed by atoms with van der Waals surface area (Å²) < 4.78 is 18.4. The molecule has 0 bridgehead atoms. The van der Waals surface area contributed by atoms with E-state index in [-0.39, 0.29) is 38.1 Å². The maximum atomic E-state index is 13.9. The third kappa shape index (κ3) is 16.4. The third-order valence-corrected chi connectivity index (χ3v) is 8.09. The number of rotatable bonds is 20. The monoisotopic (exact) mass is 750 g/mol. The fourth-order valence-corrected chi connectivity index (χ4v) is 5.52. The minimum Gasteiger partial charge on any atom is -0.445 e. The molecule has 54 heavy (non-hydrogen) atoms. The minimum atomic E-state index is -1.20. The fourth-order valence-electron chi connectivity index (χ4n) is 5.52. The molecule has 0 aliphatic heterocycles. The number of carbonyl (C=O) groups is 4. The molecule has 14 heteroatoms. The second-order valence-electron chi connectivity index (χ2n) is 15.2. The molecule has 3 rings (SSSR count). The van der Waals surface area contributed by atoms with Crippen LogP contribution in [0.2, 0.25) is 0 Å². The number of nitrogens with zero attached hydrogens (tertiary/aromatic N) is 2. The first-order chi connectivity index (χ1) is 25.6. The van der Waals surface area contributed by atoms with Crippen molar-refractivity contribution >= 4 is 24.0 Å². The van der Waals surface area contributed by atoms with Crippen molar-refractivity contribution in [3.05, 3.63) is 90.0 Å². The van der Waals surface area contributed by atoms with Gasteiger partial charge in [-0.25, -0.2) is 14.6 Å². The fraction of sp³-hybridized carbons (Fsp3) is 0.525. The highest BCUT2D eigenvalue weighted by atomic mass is 16.6. The molecule has 296 valence electrons. The van der Waals surface area contributed by atoms with Crippen LogP contribution in [0.25, 0.3) is 0 Å². The molecule has 4 atom stereocenters. The standard InChI is InChI=1S/C40H58N6O8/c1-27(2)18-32(35(47)22-42-36(48)33(19-28(3)4)44-38(50)53-24-30-16-12-9-13-17-30)43-37(49)34(45-39(51)54-40(5,6)7)20-31-21-41-25-46(31)26-52-23-29-14-10-8-11-15-29/h8-17,21,25,27-28,32-35,47H,18-20,22-24,26H2,1-7H3,(H,42,48)(H,43,49)(H,44,50)(H,45,51)/t32-,33-,34-,35?/m0/s1. The molecular weight excluding hydrogens is 692 g/mol. The first kappa shape index (κ1) is 43.5. The molecule has 0 aliphatic rings. The predicted octanol–water partition coefficient (Wildman–Crippen LogP) is 4.84. The molecule has 0 spiro atoms. The van der Waals surface area contributed by atoms with E-state index in [1.54, 1.807) is 37.9 Å². The van der Waals surface area contributed by atoms with Crippen molar-refractivity contribution < 1.29 is 38.5 Å². The number of aliphatic hydroxyl groups is 1. The van der Waals surface area contributed by atoms with Crippen LogP contribution in [-0.4, -0.2) is 75.0 Å². The summed E-state index contributed by atoms with van der Waals surface area (Å²) in [5.41, 5.74) is 1.62. The van der Waals surface area contributed by atoms with Crippen molar-refractivity contribution in [3.8, 4) is 0 Å². The van der Waals surface area contributed by atoms with Crippen molar-refractivity contribution in [2.75, 3.05) is 6.54 Å². The number of alkyl carbamates (subject to hydrolysis) is 2. The largest absolute Gasteiger partial charge is 0.445 e. The van der Waals surface area contributed by atoms with Gasteiger partial charge in [0, 0.05) is 24.9 Å². The summed E-state index contributed by atoms with van der Waals surface area (Å²) in [6.45, 7) is 13.3. The molecule has 0 fully saturated rings. The molecule has 0 aliphatic carbocycles. The van der Waals surface area contributed by atoms with Crippen LogP contribution < -0.4 is 21.3 Å². The SMILES string of the molecule is CC(C)C[C@H](NC(=O)OCc1ccccc1)C(=O)NCC(O)[C@H](CC(C)C)NC(=O)[C@H](Cc1cncn1COCc1ccccc1)NC(=O)OC(C)(C)C. The molecule has 0 radical (unpaired) electrons. The highest BCUT2D eigenvalue weighted by Gasteiger charge is 2.31. The van der Waals surface area contributed by atoms with E-state index in [0.717, 1.165) is 11.1 Å². The van der Waals surface area contributed by atoms with Gasteiger partial charge in [-0.3, -0.25) is 9.59 Å². The number of carbonyl (C=O) groups excluding carboxylic acids is 4. The molecular formula is C40H58N6O8. The normalized spacial score (nSPS) is 13.7. The first-order valence-corrected chi connectivity index (χ1v) is 18.4. The van der Waals surface area contributed by atoms with E-state index in [1.807, 2.05) is 88.4 Å². The van der Waals surface area contributed by atoms with Crippen LogP contribution in [0, 0.1) is 11.8 Å². The Labute approximate surface area is 318 Å². The van der Waals surface area contributed by atoms with Gasteiger partial charge >= 0.3 is 12.2 Å². The average molecular weight is 751 g/mol. The summed E-state index contributed by atoms with van der Waals surface area (Å²) >= 11 is 0.